The zero-order chi connectivity index (χ0) is 12.7. The standard InChI is InChI=1S/C13H14ClN3O/c14-9-4-6-10(7-5-9)17-12(15)11-3-1-2-8-16(11)13(17)18/h4-7,11,15H,1-3,8H2. The van der Waals surface area contributed by atoms with Crippen LogP contribution in [-0.2, 0) is 0 Å². The number of amides is 2. The summed E-state index contributed by atoms with van der Waals surface area (Å²) in [4.78, 5) is 15.6. The van der Waals surface area contributed by atoms with Crippen molar-refractivity contribution < 1.29 is 4.79 Å². The van der Waals surface area contributed by atoms with Gasteiger partial charge in [-0.3, -0.25) is 5.41 Å². The minimum absolute atomic E-state index is 0.0399. The second-order valence-corrected chi connectivity index (χ2v) is 5.12. The van der Waals surface area contributed by atoms with Crippen LogP contribution in [0.5, 0.6) is 0 Å². The third kappa shape index (κ3) is 1.68. The van der Waals surface area contributed by atoms with E-state index in [1.54, 1.807) is 29.2 Å². The van der Waals surface area contributed by atoms with Crippen LogP contribution in [0, 0.1) is 5.41 Å². The van der Waals surface area contributed by atoms with Crippen LogP contribution in [0.3, 0.4) is 0 Å². The number of benzene rings is 1. The summed E-state index contributed by atoms with van der Waals surface area (Å²) in [6.07, 6.45) is 3.02. The number of rotatable bonds is 1. The van der Waals surface area contributed by atoms with Crippen LogP contribution in [0.25, 0.3) is 0 Å². The summed E-state index contributed by atoms with van der Waals surface area (Å²) in [5, 5.41) is 8.82. The summed E-state index contributed by atoms with van der Waals surface area (Å²) in [6.45, 7) is 0.760. The van der Waals surface area contributed by atoms with Gasteiger partial charge in [0.05, 0.1) is 11.7 Å². The van der Waals surface area contributed by atoms with Crippen LogP contribution in [-0.4, -0.2) is 29.4 Å². The van der Waals surface area contributed by atoms with Gasteiger partial charge in [0.25, 0.3) is 0 Å². The molecular formula is C13H14ClN3O. The van der Waals surface area contributed by atoms with Crippen LogP contribution in [0.15, 0.2) is 24.3 Å². The van der Waals surface area contributed by atoms with Crippen molar-refractivity contribution in [3.63, 3.8) is 0 Å². The number of nitrogens with one attached hydrogen (secondary N) is 1. The Labute approximate surface area is 111 Å². The molecule has 3 rings (SSSR count). The summed E-state index contributed by atoms with van der Waals surface area (Å²) in [6, 6.07) is 6.94. The largest absolute Gasteiger partial charge is 0.330 e. The molecule has 1 aromatic rings. The number of nitrogens with zero attached hydrogens (tertiary/aromatic N) is 2. The number of piperidine rings is 1. The molecule has 4 nitrogen and oxygen atoms in total. The highest BCUT2D eigenvalue weighted by Crippen LogP contribution is 2.31. The van der Waals surface area contributed by atoms with E-state index in [0.717, 1.165) is 31.5 Å². The Kier molecular flexibility index (Phi) is 2.74. The molecule has 0 radical (unpaired) electrons. The van der Waals surface area contributed by atoms with Crippen LogP contribution >= 0.6 is 11.6 Å². The maximum Gasteiger partial charge on any atom is 0.330 e. The lowest BCUT2D eigenvalue weighted by molar-refractivity contribution is 0.193. The van der Waals surface area contributed by atoms with Crippen molar-refractivity contribution >= 4 is 29.2 Å². The van der Waals surface area contributed by atoms with Crippen molar-refractivity contribution in [2.45, 2.75) is 25.3 Å². The molecule has 0 aromatic heterocycles. The molecule has 2 aliphatic heterocycles. The number of urea groups is 1. The van der Waals surface area contributed by atoms with E-state index in [1.165, 1.54) is 4.90 Å². The number of carbonyl (C=O) groups excluding carboxylic acids is 1. The Morgan fingerprint density at radius 3 is 2.61 bits per heavy atom. The highest BCUT2D eigenvalue weighted by molar-refractivity contribution is 6.30. The first-order chi connectivity index (χ1) is 8.68. The molecule has 0 spiro atoms. The van der Waals surface area contributed by atoms with E-state index >= 15 is 0 Å². The summed E-state index contributed by atoms with van der Waals surface area (Å²) >= 11 is 5.85. The van der Waals surface area contributed by atoms with Gasteiger partial charge in [0.2, 0.25) is 0 Å². The molecule has 18 heavy (non-hydrogen) atoms. The summed E-state index contributed by atoms with van der Waals surface area (Å²) in [5.74, 6) is 0.391. The van der Waals surface area contributed by atoms with Gasteiger partial charge in [-0.1, -0.05) is 11.6 Å². The van der Waals surface area contributed by atoms with E-state index in [0.29, 0.717) is 10.9 Å². The molecule has 94 valence electrons. The molecule has 2 saturated heterocycles. The molecule has 1 atom stereocenters. The Morgan fingerprint density at radius 2 is 1.94 bits per heavy atom. The van der Waals surface area contributed by atoms with Gasteiger partial charge in [-0.2, -0.15) is 0 Å². The van der Waals surface area contributed by atoms with Gasteiger partial charge in [0, 0.05) is 11.6 Å². The smallest absolute Gasteiger partial charge is 0.314 e. The SMILES string of the molecule is N=C1C2CCCCN2C(=O)N1c1ccc(Cl)cc1. The first kappa shape index (κ1) is 11.5. The fourth-order valence-electron chi connectivity index (χ4n) is 2.66. The molecule has 2 amide bonds. The lowest BCUT2D eigenvalue weighted by atomic mass is 10.0. The quantitative estimate of drug-likeness (QED) is 0.831. The molecule has 0 bridgehead atoms. The van der Waals surface area contributed by atoms with Crippen molar-refractivity contribution in [3.8, 4) is 0 Å². The zero-order valence-electron chi connectivity index (χ0n) is 9.90. The monoisotopic (exact) mass is 263 g/mol. The first-order valence-corrected chi connectivity index (χ1v) is 6.51. The van der Waals surface area contributed by atoms with Crippen molar-refractivity contribution in [2.24, 2.45) is 0 Å². The molecule has 2 fully saturated rings. The molecule has 5 heteroatoms. The molecule has 1 unspecified atom stereocenters. The molecule has 2 heterocycles. The summed E-state index contributed by atoms with van der Waals surface area (Å²) in [5.41, 5.74) is 0.726. The number of carbonyl (C=O) groups is 1. The second kappa shape index (κ2) is 4.28. The Bertz CT molecular complexity index is 475. The fraction of sp³-hybridized carbons (Fsp3) is 0.385. The maximum absolute atomic E-state index is 12.3. The highest BCUT2D eigenvalue weighted by atomic mass is 35.5. The van der Waals surface area contributed by atoms with E-state index in [9.17, 15) is 4.79 Å². The van der Waals surface area contributed by atoms with Crippen molar-refractivity contribution in [2.75, 3.05) is 11.4 Å². The normalized spacial score (nSPS) is 23.5. The number of amidine groups is 1. The molecule has 0 aliphatic carbocycles. The minimum atomic E-state index is -0.0768. The van der Waals surface area contributed by atoms with Gasteiger partial charge in [0.15, 0.2) is 0 Å². The highest BCUT2D eigenvalue weighted by Gasteiger charge is 2.43. The lowest BCUT2D eigenvalue weighted by Crippen LogP contribution is -2.38. The predicted molar refractivity (Wildman–Crippen MR) is 71.4 cm³/mol. The fourth-order valence-corrected chi connectivity index (χ4v) is 2.79. The van der Waals surface area contributed by atoms with Gasteiger partial charge in [-0.15, -0.1) is 0 Å². The third-order valence-corrected chi connectivity index (χ3v) is 3.83. The number of halogens is 1. The Balaban J connectivity index is 1.95. The number of hydrogen-bond acceptors (Lipinski definition) is 2. The van der Waals surface area contributed by atoms with E-state index in [1.807, 2.05) is 0 Å². The average molecular weight is 264 g/mol. The molecule has 1 aromatic carbocycles. The van der Waals surface area contributed by atoms with Gasteiger partial charge >= 0.3 is 6.03 Å². The summed E-state index contributed by atoms with van der Waals surface area (Å²) < 4.78 is 0. The van der Waals surface area contributed by atoms with E-state index in [4.69, 9.17) is 17.0 Å². The molecule has 1 N–H and O–H groups in total. The van der Waals surface area contributed by atoms with E-state index < -0.39 is 0 Å². The predicted octanol–water partition coefficient (Wildman–Crippen LogP) is 3.11. The van der Waals surface area contributed by atoms with Crippen LogP contribution in [0.2, 0.25) is 5.02 Å². The molecular weight excluding hydrogens is 250 g/mol. The third-order valence-electron chi connectivity index (χ3n) is 3.58. The Morgan fingerprint density at radius 1 is 1.22 bits per heavy atom. The summed E-state index contributed by atoms with van der Waals surface area (Å²) in [7, 11) is 0. The van der Waals surface area contributed by atoms with Crippen LogP contribution in [0.1, 0.15) is 19.3 Å². The number of anilines is 1. The van der Waals surface area contributed by atoms with Gasteiger partial charge < -0.3 is 4.90 Å². The number of hydrogen-bond donors (Lipinski definition) is 1. The van der Waals surface area contributed by atoms with E-state index in [2.05, 4.69) is 0 Å². The van der Waals surface area contributed by atoms with Crippen molar-refractivity contribution in [3.05, 3.63) is 29.3 Å². The minimum Gasteiger partial charge on any atom is -0.314 e. The lowest BCUT2D eigenvalue weighted by Gasteiger charge is -2.26. The Hall–Kier alpha value is -1.55. The van der Waals surface area contributed by atoms with Crippen LogP contribution < -0.4 is 4.90 Å². The van der Waals surface area contributed by atoms with Gasteiger partial charge in [0.1, 0.15) is 5.84 Å². The molecule has 0 saturated carbocycles. The average Bonchev–Trinajstić information content (AvgIpc) is 2.64. The zero-order valence-corrected chi connectivity index (χ0v) is 10.7. The van der Waals surface area contributed by atoms with Crippen LogP contribution in [0.4, 0.5) is 10.5 Å². The molecule has 2 aliphatic rings. The van der Waals surface area contributed by atoms with Crippen molar-refractivity contribution in [1.29, 1.82) is 5.41 Å². The first-order valence-electron chi connectivity index (χ1n) is 6.13. The number of fused-ring (bicyclic) bond motifs is 1. The van der Waals surface area contributed by atoms with Gasteiger partial charge in [-0.05, 0) is 43.5 Å². The second-order valence-electron chi connectivity index (χ2n) is 4.68. The van der Waals surface area contributed by atoms with Gasteiger partial charge in [-0.25, -0.2) is 9.69 Å². The van der Waals surface area contributed by atoms with E-state index in [-0.39, 0.29) is 12.1 Å². The van der Waals surface area contributed by atoms with Crippen molar-refractivity contribution in [1.82, 2.24) is 4.90 Å². The maximum atomic E-state index is 12.3. The topological polar surface area (TPSA) is 47.4 Å².